The standard InChI is InChI=1S/C23H32N6O2/c30-22(26-21-10-11-27(15-21)14-20-4-2-1-3-5-20)7-6-19-8-12-28(13-9-19)23(31)16-29-18-24-17-25-29/h1-5,17-19,21H,6-16H2,(H,26,30)/t21-/m1/s1. The van der Waals surface area contributed by atoms with Crippen LogP contribution in [0.5, 0.6) is 0 Å². The summed E-state index contributed by atoms with van der Waals surface area (Å²) in [6, 6.07) is 10.7. The first-order valence-electron chi connectivity index (χ1n) is 11.3. The number of nitrogens with zero attached hydrogens (tertiary/aromatic N) is 5. The normalized spacial score (nSPS) is 20.1. The van der Waals surface area contributed by atoms with Gasteiger partial charge in [0.15, 0.2) is 0 Å². The minimum absolute atomic E-state index is 0.0861. The van der Waals surface area contributed by atoms with E-state index in [9.17, 15) is 9.59 Å². The molecule has 0 saturated carbocycles. The van der Waals surface area contributed by atoms with Crippen molar-refractivity contribution < 1.29 is 9.59 Å². The van der Waals surface area contributed by atoms with Gasteiger partial charge in [0.25, 0.3) is 0 Å². The average molecular weight is 425 g/mol. The van der Waals surface area contributed by atoms with Crippen LogP contribution in [0.1, 0.15) is 37.7 Å². The van der Waals surface area contributed by atoms with Gasteiger partial charge in [-0.25, -0.2) is 9.67 Å². The van der Waals surface area contributed by atoms with Gasteiger partial charge in [0, 0.05) is 45.2 Å². The molecule has 1 aromatic heterocycles. The molecule has 2 aromatic rings. The van der Waals surface area contributed by atoms with Crippen molar-refractivity contribution in [3.8, 4) is 0 Å². The molecule has 2 aliphatic heterocycles. The Labute approximate surface area is 183 Å². The Kier molecular flexibility index (Phi) is 7.30. The first-order valence-corrected chi connectivity index (χ1v) is 11.3. The Morgan fingerprint density at radius 3 is 2.61 bits per heavy atom. The zero-order chi connectivity index (χ0) is 21.5. The predicted molar refractivity (Wildman–Crippen MR) is 117 cm³/mol. The Bertz CT molecular complexity index is 833. The van der Waals surface area contributed by atoms with Crippen LogP contribution >= 0.6 is 0 Å². The van der Waals surface area contributed by atoms with Gasteiger partial charge in [-0.1, -0.05) is 30.3 Å². The fourth-order valence-corrected chi connectivity index (χ4v) is 4.59. The molecule has 0 bridgehead atoms. The summed E-state index contributed by atoms with van der Waals surface area (Å²) >= 11 is 0. The predicted octanol–water partition coefficient (Wildman–Crippen LogP) is 1.69. The number of amides is 2. The van der Waals surface area contributed by atoms with Gasteiger partial charge in [0.05, 0.1) is 0 Å². The van der Waals surface area contributed by atoms with Gasteiger partial charge in [-0.3, -0.25) is 14.5 Å². The largest absolute Gasteiger partial charge is 0.352 e. The number of carbonyl (C=O) groups excluding carboxylic acids is 2. The van der Waals surface area contributed by atoms with E-state index in [4.69, 9.17) is 0 Å². The van der Waals surface area contributed by atoms with Crippen molar-refractivity contribution in [3.63, 3.8) is 0 Å². The zero-order valence-electron chi connectivity index (χ0n) is 18.0. The number of piperidine rings is 1. The fourth-order valence-electron chi connectivity index (χ4n) is 4.59. The van der Waals surface area contributed by atoms with Crippen molar-refractivity contribution in [2.45, 2.75) is 51.2 Å². The molecule has 0 unspecified atom stereocenters. The molecular formula is C23H32N6O2. The minimum Gasteiger partial charge on any atom is -0.352 e. The first-order chi connectivity index (χ1) is 15.2. The van der Waals surface area contributed by atoms with Gasteiger partial charge < -0.3 is 10.2 Å². The molecule has 1 atom stereocenters. The lowest BCUT2D eigenvalue weighted by Crippen LogP contribution is -2.41. The van der Waals surface area contributed by atoms with Crippen LogP contribution in [-0.4, -0.2) is 68.6 Å². The molecule has 166 valence electrons. The highest BCUT2D eigenvalue weighted by molar-refractivity contribution is 5.76. The molecule has 8 heteroatoms. The fraction of sp³-hybridized carbons (Fsp3) is 0.565. The summed E-state index contributed by atoms with van der Waals surface area (Å²) in [4.78, 5) is 33.0. The molecule has 2 amide bonds. The molecular weight excluding hydrogens is 392 g/mol. The molecule has 0 spiro atoms. The Morgan fingerprint density at radius 2 is 1.87 bits per heavy atom. The van der Waals surface area contributed by atoms with E-state index in [1.54, 1.807) is 11.0 Å². The molecule has 2 aliphatic rings. The van der Waals surface area contributed by atoms with Crippen LogP contribution in [0.4, 0.5) is 0 Å². The number of carbonyl (C=O) groups is 2. The third kappa shape index (κ3) is 6.37. The van der Waals surface area contributed by atoms with Crippen LogP contribution in [0, 0.1) is 5.92 Å². The first kappa shape index (κ1) is 21.5. The Balaban J connectivity index is 1.11. The maximum atomic E-state index is 12.4. The molecule has 0 radical (unpaired) electrons. The number of nitrogens with one attached hydrogen (secondary N) is 1. The van der Waals surface area contributed by atoms with Crippen LogP contribution in [0.3, 0.4) is 0 Å². The lowest BCUT2D eigenvalue weighted by atomic mass is 9.92. The van der Waals surface area contributed by atoms with E-state index in [2.05, 4.69) is 44.6 Å². The summed E-state index contributed by atoms with van der Waals surface area (Å²) in [5, 5.41) is 7.22. The number of hydrogen-bond donors (Lipinski definition) is 1. The lowest BCUT2D eigenvalue weighted by Gasteiger charge is -2.32. The van der Waals surface area contributed by atoms with E-state index in [1.165, 1.54) is 11.9 Å². The van der Waals surface area contributed by atoms with E-state index >= 15 is 0 Å². The van der Waals surface area contributed by atoms with Gasteiger partial charge in [-0.15, -0.1) is 0 Å². The van der Waals surface area contributed by atoms with Crippen LogP contribution in [0.15, 0.2) is 43.0 Å². The summed E-state index contributed by atoms with van der Waals surface area (Å²) in [6.45, 7) is 4.67. The molecule has 3 heterocycles. The quantitative estimate of drug-likeness (QED) is 0.697. The van der Waals surface area contributed by atoms with Crippen molar-refractivity contribution in [2.75, 3.05) is 26.2 Å². The van der Waals surface area contributed by atoms with E-state index in [0.717, 1.165) is 58.4 Å². The highest BCUT2D eigenvalue weighted by Gasteiger charge is 2.26. The molecule has 2 fully saturated rings. The summed E-state index contributed by atoms with van der Waals surface area (Å²) in [7, 11) is 0. The summed E-state index contributed by atoms with van der Waals surface area (Å²) < 4.78 is 1.56. The number of hydrogen-bond acceptors (Lipinski definition) is 5. The number of benzene rings is 1. The van der Waals surface area contributed by atoms with Crippen LogP contribution in [0.25, 0.3) is 0 Å². The topological polar surface area (TPSA) is 83.4 Å². The Morgan fingerprint density at radius 1 is 1.06 bits per heavy atom. The van der Waals surface area contributed by atoms with Crippen molar-refractivity contribution in [1.29, 1.82) is 0 Å². The SMILES string of the molecule is O=C(CCC1CCN(C(=O)Cn2cncn2)CC1)N[C@@H]1CCN(Cc2ccccc2)C1. The third-order valence-corrected chi connectivity index (χ3v) is 6.40. The van der Waals surface area contributed by atoms with Crippen molar-refractivity contribution in [3.05, 3.63) is 48.5 Å². The highest BCUT2D eigenvalue weighted by atomic mass is 16.2. The average Bonchev–Trinajstić information content (AvgIpc) is 3.45. The summed E-state index contributed by atoms with van der Waals surface area (Å²) in [5.74, 6) is 0.763. The number of rotatable bonds is 8. The smallest absolute Gasteiger partial charge is 0.244 e. The second-order valence-electron chi connectivity index (χ2n) is 8.73. The summed E-state index contributed by atoms with van der Waals surface area (Å²) in [5.41, 5.74) is 1.32. The highest BCUT2D eigenvalue weighted by Crippen LogP contribution is 2.22. The molecule has 1 N–H and O–H groups in total. The van der Waals surface area contributed by atoms with Gasteiger partial charge >= 0.3 is 0 Å². The third-order valence-electron chi connectivity index (χ3n) is 6.40. The van der Waals surface area contributed by atoms with Gasteiger partial charge in [-0.05, 0) is 37.2 Å². The number of likely N-dealkylation sites (tertiary alicyclic amines) is 2. The molecule has 0 aliphatic carbocycles. The molecule has 8 nitrogen and oxygen atoms in total. The van der Waals surface area contributed by atoms with Crippen LogP contribution in [-0.2, 0) is 22.7 Å². The minimum atomic E-state index is 0.0861. The lowest BCUT2D eigenvalue weighted by molar-refractivity contribution is -0.133. The van der Waals surface area contributed by atoms with Crippen molar-refractivity contribution >= 4 is 11.8 Å². The van der Waals surface area contributed by atoms with Crippen LogP contribution in [0.2, 0.25) is 0 Å². The molecule has 2 saturated heterocycles. The monoisotopic (exact) mass is 424 g/mol. The number of aromatic nitrogens is 3. The second kappa shape index (κ2) is 10.5. The van der Waals surface area contributed by atoms with Gasteiger partial charge in [0.1, 0.15) is 19.2 Å². The van der Waals surface area contributed by atoms with Gasteiger partial charge in [-0.2, -0.15) is 5.10 Å². The zero-order valence-corrected chi connectivity index (χ0v) is 18.0. The van der Waals surface area contributed by atoms with Gasteiger partial charge in [0.2, 0.25) is 11.8 Å². The van der Waals surface area contributed by atoms with E-state index in [-0.39, 0.29) is 24.4 Å². The van der Waals surface area contributed by atoms with E-state index < -0.39 is 0 Å². The van der Waals surface area contributed by atoms with Crippen molar-refractivity contribution in [2.24, 2.45) is 5.92 Å². The molecule has 31 heavy (non-hydrogen) atoms. The maximum absolute atomic E-state index is 12.4. The van der Waals surface area contributed by atoms with Crippen molar-refractivity contribution in [1.82, 2.24) is 29.9 Å². The van der Waals surface area contributed by atoms with Crippen LogP contribution < -0.4 is 5.32 Å². The maximum Gasteiger partial charge on any atom is 0.244 e. The van der Waals surface area contributed by atoms with E-state index in [1.807, 2.05) is 11.0 Å². The van der Waals surface area contributed by atoms with E-state index in [0.29, 0.717) is 12.3 Å². The Hall–Kier alpha value is -2.74. The summed E-state index contributed by atoms with van der Waals surface area (Å²) in [6.07, 6.45) is 7.43. The molecule has 4 rings (SSSR count). The second-order valence-corrected chi connectivity index (χ2v) is 8.73. The molecule has 1 aromatic carbocycles.